The number of fused-ring (bicyclic) bond motifs is 2. The molecule has 13 heavy (non-hydrogen) atoms. The Hall–Kier alpha value is -0.900. The smallest absolute Gasteiger partial charge is 0.236 e. The number of nitrogens with zero attached hydrogens (tertiary/aromatic N) is 2. The van der Waals surface area contributed by atoms with Gasteiger partial charge in [0, 0.05) is 37.6 Å². The maximum absolute atomic E-state index is 10.6. The van der Waals surface area contributed by atoms with Crippen LogP contribution in [0.1, 0.15) is 13.3 Å². The molecule has 0 aromatic rings. The average molecular weight is 181 g/mol. The number of hydrazone groups is 1. The summed E-state index contributed by atoms with van der Waals surface area (Å²) in [5.41, 5.74) is 3.72. The number of carbonyl (C=O) groups is 1. The molecule has 3 fully saturated rings. The van der Waals surface area contributed by atoms with Crippen LogP contribution in [0.5, 0.6) is 0 Å². The monoisotopic (exact) mass is 181 g/mol. The van der Waals surface area contributed by atoms with Crippen LogP contribution >= 0.6 is 0 Å². The molecule has 2 bridgehead atoms. The Labute approximate surface area is 78.0 Å². The number of piperidine rings is 2. The Morgan fingerprint density at radius 1 is 1.54 bits per heavy atom. The molecule has 2 heterocycles. The summed E-state index contributed by atoms with van der Waals surface area (Å²) in [6.45, 7) is 3.68. The van der Waals surface area contributed by atoms with E-state index in [2.05, 4.69) is 22.5 Å². The first-order valence-electron chi connectivity index (χ1n) is 4.69. The summed E-state index contributed by atoms with van der Waals surface area (Å²) in [5, 5.41) is 4.14. The van der Waals surface area contributed by atoms with Gasteiger partial charge in [-0.3, -0.25) is 4.79 Å². The van der Waals surface area contributed by atoms with Gasteiger partial charge in [0.05, 0.1) is 0 Å². The Kier molecular flexibility index (Phi) is 2.07. The molecular formula is C9H15N3O. The van der Waals surface area contributed by atoms with Crippen LogP contribution in [-0.4, -0.2) is 36.7 Å². The maximum atomic E-state index is 10.6. The van der Waals surface area contributed by atoms with E-state index >= 15 is 0 Å². The number of hydrogen-bond donors (Lipinski definition) is 1. The Bertz CT molecular complexity index is 248. The van der Waals surface area contributed by atoms with E-state index in [-0.39, 0.29) is 5.91 Å². The predicted molar refractivity (Wildman–Crippen MR) is 50.3 cm³/mol. The zero-order valence-electron chi connectivity index (χ0n) is 8.08. The van der Waals surface area contributed by atoms with Gasteiger partial charge in [-0.2, -0.15) is 5.10 Å². The molecule has 0 spiro atoms. The highest BCUT2D eigenvalue weighted by Crippen LogP contribution is 2.36. The summed E-state index contributed by atoms with van der Waals surface area (Å²) in [6, 6.07) is 0. The second-order valence-electron chi connectivity index (χ2n) is 4.06. The summed E-state index contributed by atoms with van der Waals surface area (Å²) in [4.78, 5) is 13.0. The lowest BCUT2D eigenvalue weighted by atomic mass is 9.69. The Morgan fingerprint density at radius 3 is 2.69 bits per heavy atom. The fourth-order valence-corrected chi connectivity index (χ4v) is 2.25. The van der Waals surface area contributed by atoms with Crippen molar-refractivity contribution in [1.29, 1.82) is 0 Å². The molecule has 0 radical (unpaired) electrons. The summed E-state index contributed by atoms with van der Waals surface area (Å²) in [7, 11) is 2.13. The van der Waals surface area contributed by atoms with Crippen LogP contribution in [0.25, 0.3) is 0 Å². The third kappa shape index (κ3) is 1.58. The molecule has 1 aliphatic carbocycles. The van der Waals surface area contributed by atoms with Crippen molar-refractivity contribution < 1.29 is 4.79 Å². The van der Waals surface area contributed by atoms with Crippen molar-refractivity contribution in [2.24, 2.45) is 16.9 Å². The van der Waals surface area contributed by atoms with Gasteiger partial charge in [-0.05, 0) is 13.5 Å². The van der Waals surface area contributed by atoms with Gasteiger partial charge in [0.25, 0.3) is 0 Å². The van der Waals surface area contributed by atoms with Gasteiger partial charge in [-0.15, -0.1) is 0 Å². The average Bonchev–Trinajstić information content (AvgIpc) is 2.02. The minimum absolute atomic E-state index is 0.0779. The normalized spacial score (nSPS) is 32.3. The highest BCUT2D eigenvalue weighted by Gasteiger charge is 2.42. The van der Waals surface area contributed by atoms with Gasteiger partial charge in [-0.25, -0.2) is 5.43 Å². The van der Waals surface area contributed by atoms with E-state index in [1.165, 1.54) is 19.1 Å². The van der Waals surface area contributed by atoms with Crippen molar-refractivity contribution in [3.63, 3.8) is 0 Å². The van der Waals surface area contributed by atoms with E-state index < -0.39 is 0 Å². The van der Waals surface area contributed by atoms with E-state index in [0.717, 1.165) is 13.1 Å². The van der Waals surface area contributed by atoms with Gasteiger partial charge in [0.1, 0.15) is 0 Å². The van der Waals surface area contributed by atoms with Crippen LogP contribution in [0.3, 0.4) is 0 Å². The molecule has 3 rings (SSSR count). The molecule has 1 saturated carbocycles. The Morgan fingerprint density at radius 2 is 2.15 bits per heavy atom. The molecule has 2 unspecified atom stereocenters. The first kappa shape index (κ1) is 8.69. The predicted octanol–water partition coefficient (Wildman–Crippen LogP) is 0.0600. The molecular weight excluding hydrogens is 166 g/mol. The third-order valence-electron chi connectivity index (χ3n) is 2.81. The molecule has 2 atom stereocenters. The lowest BCUT2D eigenvalue weighted by Gasteiger charge is -2.46. The van der Waals surface area contributed by atoms with Crippen LogP contribution in [-0.2, 0) is 4.79 Å². The summed E-state index contributed by atoms with van der Waals surface area (Å²) < 4.78 is 0. The highest BCUT2D eigenvalue weighted by atomic mass is 16.2. The molecule has 72 valence electrons. The number of amides is 1. The van der Waals surface area contributed by atoms with Gasteiger partial charge in [-0.1, -0.05) is 0 Å². The number of nitrogens with one attached hydrogen (secondary N) is 1. The fraction of sp³-hybridized carbons (Fsp3) is 0.778. The molecule has 3 aliphatic rings. The molecule has 1 N–H and O–H groups in total. The summed E-state index contributed by atoms with van der Waals surface area (Å²) in [6.07, 6.45) is 1.25. The van der Waals surface area contributed by atoms with Crippen molar-refractivity contribution in [1.82, 2.24) is 10.3 Å². The Balaban J connectivity index is 1.96. The second kappa shape index (κ2) is 3.10. The van der Waals surface area contributed by atoms with Crippen molar-refractivity contribution in [2.45, 2.75) is 13.3 Å². The van der Waals surface area contributed by atoms with Crippen molar-refractivity contribution in [3.8, 4) is 0 Å². The zero-order chi connectivity index (χ0) is 9.42. The van der Waals surface area contributed by atoms with E-state index in [1.54, 1.807) is 0 Å². The molecule has 0 aromatic heterocycles. The fourth-order valence-electron chi connectivity index (χ4n) is 2.25. The standard InChI is InChI=1S/C9H15N3O/c1-6(13)10-11-9-7-3-8(9)5-12(2)4-7/h7-8H,3-5H2,1-2H3,(H,10,13). The summed E-state index contributed by atoms with van der Waals surface area (Å²) >= 11 is 0. The minimum atomic E-state index is -0.0779. The zero-order valence-corrected chi connectivity index (χ0v) is 8.08. The largest absolute Gasteiger partial charge is 0.305 e. The first-order chi connectivity index (χ1) is 6.16. The van der Waals surface area contributed by atoms with Crippen molar-refractivity contribution in [3.05, 3.63) is 0 Å². The highest BCUT2D eigenvalue weighted by molar-refractivity contribution is 5.96. The van der Waals surface area contributed by atoms with Gasteiger partial charge >= 0.3 is 0 Å². The van der Waals surface area contributed by atoms with Crippen LogP contribution in [0.2, 0.25) is 0 Å². The molecule has 2 saturated heterocycles. The van der Waals surface area contributed by atoms with E-state index in [4.69, 9.17) is 0 Å². The van der Waals surface area contributed by atoms with Crippen LogP contribution in [0, 0.1) is 11.8 Å². The molecule has 0 aromatic carbocycles. The number of rotatable bonds is 1. The third-order valence-corrected chi connectivity index (χ3v) is 2.81. The van der Waals surface area contributed by atoms with Crippen LogP contribution in [0.4, 0.5) is 0 Å². The topological polar surface area (TPSA) is 44.7 Å². The van der Waals surface area contributed by atoms with Crippen molar-refractivity contribution in [2.75, 3.05) is 20.1 Å². The second-order valence-corrected chi connectivity index (χ2v) is 4.06. The van der Waals surface area contributed by atoms with E-state index in [1.807, 2.05) is 0 Å². The molecule has 4 heteroatoms. The molecule has 1 amide bonds. The van der Waals surface area contributed by atoms with Gasteiger partial charge in [0.2, 0.25) is 5.91 Å². The van der Waals surface area contributed by atoms with Crippen LogP contribution in [0.15, 0.2) is 5.10 Å². The maximum Gasteiger partial charge on any atom is 0.236 e. The van der Waals surface area contributed by atoms with Gasteiger partial charge < -0.3 is 4.90 Å². The summed E-state index contributed by atoms with van der Waals surface area (Å²) in [5.74, 6) is 1.11. The molecule has 4 nitrogen and oxygen atoms in total. The lowest BCUT2D eigenvalue weighted by molar-refractivity contribution is -0.118. The van der Waals surface area contributed by atoms with E-state index in [0.29, 0.717) is 11.8 Å². The SMILES string of the molecule is CC(=O)NN=C1C2CC1CN(C)C2. The lowest BCUT2D eigenvalue weighted by Crippen LogP contribution is -2.55. The van der Waals surface area contributed by atoms with E-state index in [9.17, 15) is 4.79 Å². The quantitative estimate of drug-likeness (QED) is 0.581. The number of hydrogen-bond acceptors (Lipinski definition) is 3. The van der Waals surface area contributed by atoms with Crippen molar-refractivity contribution >= 4 is 11.6 Å². The minimum Gasteiger partial charge on any atom is -0.305 e. The first-order valence-corrected chi connectivity index (χ1v) is 4.69. The van der Waals surface area contributed by atoms with Gasteiger partial charge in [0.15, 0.2) is 0 Å². The van der Waals surface area contributed by atoms with Crippen LogP contribution < -0.4 is 5.43 Å². The number of carbonyl (C=O) groups excluding carboxylic acids is 1. The molecule has 2 aliphatic heterocycles.